The third kappa shape index (κ3) is 1.96. The molecule has 2 heteroatoms. The van der Waals surface area contributed by atoms with Gasteiger partial charge in [0.05, 0.1) is 5.60 Å². The first-order chi connectivity index (χ1) is 6.99. The molecule has 0 aromatic heterocycles. The van der Waals surface area contributed by atoms with Gasteiger partial charge in [0.1, 0.15) is 5.60 Å². The lowest BCUT2D eigenvalue weighted by Crippen LogP contribution is -2.40. The van der Waals surface area contributed by atoms with Crippen LogP contribution in [-0.2, 0) is 9.53 Å². The van der Waals surface area contributed by atoms with Crippen LogP contribution in [0.4, 0.5) is 0 Å². The maximum atomic E-state index is 11.0. The molecule has 0 aromatic rings. The van der Waals surface area contributed by atoms with Crippen LogP contribution in [0.1, 0.15) is 52.9 Å². The highest BCUT2D eigenvalue weighted by Crippen LogP contribution is 2.48. The van der Waals surface area contributed by atoms with Crippen LogP contribution in [0.15, 0.2) is 0 Å². The normalized spacial score (nSPS) is 50.9. The van der Waals surface area contributed by atoms with E-state index >= 15 is 0 Å². The van der Waals surface area contributed by atoms with Crippen LogP contribution in [0.5, 0.6) is 0 Å². The highest BCUT2D eigenvalue weighted by molar-refractivity contribution is 5.62. The van der Waals surface area contributed by atoms with E-state index in [0.717, 1.165) is 43.8 Å². The molecule has 0 amide bonds. The van der Waals surface area contributed by atoms with Crippen molar-refractivity contribution in [2.75, 3.05) is 0 Å². The van der Waals surface area contributed by atoms with Crippen molar-refractivity contribution >= 4 is 6.29 Å². The molecule has 2 nitrogen and oxygen atoms in total. The van der Waals surface area contributed by atoms with Gasteiger partial charge in [-0.05, 0) is 50.9 Å². The Hall–Kier alpha value is -0.370. The van der Waals surface area contributed by atoms with Gasteiger partial charge < -0.3 is 9.53 Å². The monoisotopic (exact) mass is 210 g/mol. The van der Waals surface area contributed by atoms with Crippen molar-refractivity contribution in [3.8, 4) is 0 Å². The molecule has 0 bridgehead atoms. The smallest absolute Gasteiger partial charge is 0.151 e. The number of ether oxygens (including phenoxy) is 1. The Labute approximate surface area is 92.4 Å². The standard InChI is InChI=1S/C13H22O2/c1-10-4-5-13(8-11(10)2)7-6-12(3,9-14)15-13/h9-11H,4-8H2,1-3H3. The van der Waals surface area contributed by atoms with Crippen molar-refractivity contribution in [2.45, 2.75) is 64.1 Å². The van der Waals surface area contributed by atoms with Gasteiger partial charge in [-0.1, -0.05) is 13.8 Å². The molecule has 4 atom stereocenters. The zero-order valence-corrected chi connectivity index (χ0v) is 10.1. The summed E-state index contributed by atoms with van der Waals surface area (Å²) in [4.78, 5) is 11.0. The number of carbonyl (C=O) groups excluding carboxylic acids is 1. The second-order valence-electron chi connectivity index (χ2n) is 5.91. The summed E-state index contributed by atoms with van der Waals surface area (Å²) in [6.07, 6.45) is 6.48. The third-order valence-corrected chi connectivity index (χ3v) is 4.50. The lowest BCUT2D eigenvalue weighted by atomic mass is 9.72. The van der Waals surface area contributed by atoms with Crippen LogP contribution in [0.3, 0.4) is 0 Å². The van der Waals surface area contributed by atoms with Crippen LogP contribution in [0.25, 0.3) is 0 Å². The zero-order valence-electron chi connectivity index (χ0n) is 10.1. The second-order valence-corrected chi connectivity index (χ2v) is 5.91. The minimum Gasteiger partial charge on any atom is -0.361 e. The molecule has 0 radical (unpaired) electrons. The lowest BCUT2D eigenvalue weighted by molar-refractivity contribution is -0.147. The largest absolute Gasteiger partial charge is 0.361 e. The van der Waals surface area contributed by atoms with Gasteiger partial charge in [0.2, 0.25) is 0 Å². The molecule has 0 N–H and O–H groups in total. The molecule has 15 heavy (non-hydrogen) atoms. The van der Waals surface area contributed by atoms with E-state index in [1.165, 1.54) is 6.42 Å². The molecule has 4 unspecified atom stereocenters. The molecule has 1 aliphatic carbocycles. The molecule has 2 rings (SSSR count). The molecule has 1 saturated heterocycles. The Bertz CT molecular complexity index is 263. The predicted octanol–water partition coefficient (Wildman–Crippen LogP) is 2.95. The van der Waals surface area contributed by atoms with Gasteiger partial charge in [0.25, 0.3) is 0 Å². The summed E-state index contributed by atoms with van der Waals surface area (Å²) in [6, 6.07) is 0. The molecule has 0 aromatic carbocycles. The van der Waals surface area contributed by atoms with E-state index in [1.807, 2.05) is 6.92 Å². The van der Waals surface area contributed by atoms with Gasteiger partial charge in [-0.15, -0.1) is 0 Å². The van der Waals surface area contributed by atoms with Crippen LogP contribution < -0.4 is 0 Å². The first-order valence-corrected chi connectivity index (χ1v) is 6.15. The Morgan fingerprint density at radius 1 is 1.20 bits per heavy atom. The Morgan fingerprint density at radius 3 is 2.47 bits per heavy atom. The van der Waals surface area contributed by atoms with E-state index in [1.54, 1.807) is 0 Å². The lowest BCUT2D eigenvalue weighted by Gasteiger charge is -2.40. The fraction of sp³-hybridized carbons (Fsp3) is 0.923. The molecule has 2 fully saturated rings. The van der Waals surface area contributed by atoms with E-state index in [4.69, 9.17) is 4.74 Å². The number of hydrogen-bond donors (Lipinski definition) is 0. The van der Waals surface area contributed by atoms with E-state index in [2.05, 4.69) is 13.8 Å². The van der Waals surface area contributed by atoms with Gasteiger partial charge in [-0.25, -0.2) is 0 Å². The van der Waals surface area contributed by atoms with E-state index in [0.29, 0.717) is 0 Å². The molecule has 1 heterocycles. The number of rotatable bonds is 1. The van der Waals surface area contributed by atoms with Crippen molar-refractivity contribution in [3.63, 3.8) is 0 Å². The zero-order chi connectivity index (χ0) is 11.1. The van der Waals surface area contributed by atoms with Gasteiger partial charge in [0.15, 0.2) is 6.29 Å². The first-order valence-electron chi connectivity index (χ1n) is 6.15. The fourth-order valence-electron chi connectivity index (χ4n) is 3.14. The summed E-state index contributed by atoms with van der Waals surface area (Å²) in [5.41, 5.74) is -0.470. The van der Waals surface area contributed by atoms with Crippen LogP contribution in [0.2, 0.25) is 0 Å². The van der Waals surface area contributed by atoms with Crippen molar-refractivity contribution in [1.29, 1.82) is 0 Å². The summed E-state index contributed by atoms with van der Waals surface area (Å²) in [6.45, 7) is 6.56. The van der Waals surface area contributed by atoms with Crippen LogP contribution in [0, 0.1) is 11.8 Å². The van der Waals surface area contributed by atoms with Crippen LogP contribution in [-0.4, -0.2) is 17.5 Å². The van der Waals surface area contributed by atoms with E-state index in [-0.39, 0.29) is 5.60 Å². The van der Waals surface area contributed by atoms with Gasteiger partial charge in [-0.3, -0.25) is 0 Å². The minimum atomic E-state index is -0.500. The Kier molecular flexibility index (Phi) is 2.66. The average molecular weight is 210 g/mol. The van der Waals surface area contributed by atoms with Crippen molar-refractivity contribution < 1.29 is 9.53 Å². The van der Waals surface area contributed by atoms with Gasteiger partial charge >= 0.3 is 0 Å². The molecule has 1 saturated carbocycles. The van der Waals surface area contributed by atoms with E-state index in [9.17, 15) is 4.79 Å². The number of carbonyl (C=O) groups is 1. The highest BCUT2D eigenvalue weighted by Gasteiger charge is 2.49. The highest BCUT2D eigenvalue weighted by atomic mass is 16.5. The van der Waals surface area contributed by atoms with Gasteiger partial charge in [-0.2, -0.15) is 0 Å². The topological polar surface area (TPSA) is 26.3 Å². The van der Waals surface area contributed by atoms with Crippen molar-refractivity contribution in [3.05, 3.63) is 0 Å². The quantitative estimate of drug-likeness (QED) is 0.622. The predicted molar refractivity (Wildman–Crippen MR) is 59.7 cm³/mol. The summed E-state index contributed by atoms with van der Waals surface area (Å²) in [5, 5.41) is 0. The number of hydrogen-bond acceptors (Lipinski definition) is 2. The average Bonchev–Trinajstić information content (AvgIpc) is 2.53. The molecule has 86 valence electrons. The van der Waals surface area contributed by atoms with Crippen molar-refractivity contribution in [1.82, 2.24) is 0 Å². The number of aldehydes is 1. The molecule has 1 aliphatic heterocycles. The maximum Gasteiger partial charge on any atom is 0.151 e. The Balaban J connectivity index is 2.08. The summed E-state index contributed by atoms with van der Waals surface area (Å²) in [7, 11) is 0. The van der Waals surface area contributed by atoms with E-state index < -0.39 is 5.60 Å². The third-order valence-electron chi connectivity index (χ3n) is 4.50. The second kappa shape index (κ2) is 3.58. The van der Waals surface area contributed by atoms with Gasteiger partial charge in [0, 0.05) is 0 Å². The summed E-state index contributed by atoms with van der Waals surface area (Å²) in [5.74, 6) is 1.54. The SMILES string of the molecule is CC1CCC2(CCC(C)(C=O)O2)CC1C. The molecular weight excluding hydrogens is 188 g/mol. The van der Waals surface area contributed by atoms with Crippen LogP contribution >= 0.6 is 0 Å². The molecule has 2 aliphatic rings. The Morgan fingerprint density at radius 2 is 1.93 bits per heavy atom. The summed E-state index contributed by atoms with van der Waals surface area (Å²) >= 11 is 0. The molecular formula is C13H22O2. The fourth-order valence-corrected chi connectivity index (χ4v) is 3.14. The maximum absolute atomic E-state index is 11.0. The first kappa shape index (κ1) is 11.1. The van der Waals surface area contributed by atoms with Crippen molar-refractivity contribution in [2.24, 2.45) is 11.8 Å². The summed E-state index contributed by atoms with van der Waals surface area (Å²) < 4.78 is 6.08. The molecule has 1 spiro atoms. The minimum absolute atomic E-state index is 0.0294.